The zero-order valence-electron chi connectivity index (χ0n) is 12.1. The number of esters is 1. The minimum absolute atomic E-state index is 0.328. The van der Waals surface area contributed by atoms with E-state index >= 15 is 0 Å². The lowest BCUT2D eigenvalue weighted by Gasteiger charge is -2.05. The zero-order valence-corrected chi connectivity index (χ0v) is 12.1. The summed E-state index contributed by atoms with van der Waals surface area (Å²) in [6.45, 7) is 0.406. The molecule has 0 fully saturated rings. The van der Waals surface area contributed by atoms with E-state index in [1.807, 2.05) is 54.6 Å². The van der Waals surface area contributed by atoms with Gasteiger partial charge in [0.25, 0.3) is 0 Å². The minimum atomic E-state index is -0.435. The third-order valence-electron chi connectivity index (χ3n) is 3.00. The van der Waals surface area contributed by atoms with Crippen molar-refractivity contribution < 1.29 is 14.3 Å². The lowest BCUT2D eigenvalue weighted by atomic mass is 10.1. The molecule has 0 heterocycles. The summed E-state index contributed by atoms with van der Waals surface area (Å²) < 4.78 is 9.91. The average Bonchev–Trinajstić information content (AvgIpc) is 2.56. The lowest BCUT2D eigenvalue weighted by Crippen LogP contribution is -2.17. The van der Waals surface area contributed by atoms with E-state index in [2.05, 4.69) is 4.99 Å². The first-order valence-corrected chi connectivity index (χ1v) is 6.55. The molecule has 0 spiro atoms. The molecule has 0 bridgehead atoms. The van der Waals surface area contributed by atoms with Crippen molar-refractivity contribution in [3.63, 3.8) is 0 Å². The van der Waals surface area contributed by atoms with Crippen molar-refractivity contribution in [1.82, 2.24) is 0 Å². The standard InChI is InChI=1S/C17H17NO3/c1-20-15-10-8-13(9-11-15)12-18-16(17(19)21-2)14-6-4-3-5-7-14/h3-11H,12H2,1-2H3. The van der Waals surface area contributed by atoms with Gasteiger partial charge in [-0.15, -0.1) is 0 Å². The molecular formula is C17H17NO3. The van der Waals surface area contributed by atoms with Gasteiger partial charge >= 0.3 is 5.97 Å². The SMILES string of the molecule is COC(=O)C(=NCc1ccc(OC)cc1)c1ccccc1. The summed E-state index contributed by atoms with van der Waals surface area (Å²) in [6.07, 6.45) is 0. The second-order valence-corrected chi connectivity index (χ2v) is 4.37. The summed E-state index contributed by atoms with van der Waals surface area (Å²) in [5, 5.41) is 0. The molecule has 108 valence electrons. The monoisotopic (exact) mass is 283 g/mol. The average molecular weight is 283 g/mol. The Morgan fingerprint density at radius 1 is 1.00 bits per heavy atom. The highest BCUT2D eigenvalue weighted by atomic mass is 16.5. The number of carbonyl (C=O) groups is 1. The first kappa shape index (κ1) is 14.8. The maximum Gasteiger partial charge on any atom is 0.356 e. The van der Waals surface area contributed by atoms with Crippen molar-refractivity contribution in [2.75, 3.05) is 14.2 Å². The maximum atomic E-state index is 11.9. The third-order valence-corrected chi connectivity index (χ3v) is 3.00. The fraction of sp³-hybridized carbons (Fsp3) is 0.176. The summed E-state index contributed by atoms with van der Waals surface area (Å²) in [4.78, 5) is 16.3. The summed E-state index contributed by atoms with van der Waals surface area (Å²) in [6, 6.07) is 16.9. The number of rotatable bonds is 5. The second-order valence-electron chi connectivity index (χ2n) is 4.37. The quantitative estimate of drug-likeness (QED) is 0.626. The van der Waals surface area contributed by atoms with E-state index in [4.69, 9.17) is 9.47 Å². The number of hydrogen-bond donors (Lipinski definition) is 0. The van der Waals surface area contributed by atoms with Crippen LogP contribution in [-0.2, 0) is 16.1 Å². The van der Waals surface area contributed by atoms with Crippen LogP contribution in [0.4, 0.5) is 0 Å². The lowest BCUT2D eigenvalue weighted by molar-refractivity contribution is -0.132. The Morgan fingerprint density at radius 2 is 1.67 bits per heavy atom. The van der Waals surface area contributed by atoms with E-state index in [9.17, 15) is 4.79 Å². The Bertz CT molecular complexity index is 618. The van der Waals surface area contributed by atoms with Crippen LogP contribution in [0.1, 0.15) is 11.1 Å². The summed E-state index contributed by atoms with van der Waals surface area (Å²) >= 11 is 0. The van der Waals surface area contributed by atoms with Gasteiger partial charge in [0.1, 0.15) is 5.75 Å². The van der Waals surface area contributed by atoms with E-state index in [0.717, 1.165) is 16.9 Å². The van der Waals surface area contributed by atoms with Gasteiger partial charge in [-0.25, -0.2) is 4.79 Å². The molecule has 21 heavy (non-hydrogen) atoms. The van der Waals surface area contributed by atoms with Gasteiger partial charge in [0, 0.05) is 5.56 Å². The fourth-order valence-electron chi connectivity index (χ4n) is 1.87. The van der Waals surface area contributed by atoms with E-state index in [1.165, 1.54) is 7.11 Å². The molecule has 2 aromatic rings. The van der Waals surface area contributed by atoms with E-state index in [1.54, 1.807) is 7.11 Å². The smallest absolute Gasteiger partial charge is 0.356 e. The van der Waals surface area contributed by atoms with Crippen LogP contribution >= 0.6 is 0 Å². The van der Waals surface area contributed by atoms with Crippen molar-refractivity contribution in [3.05, 3.63) is 65.7 Å². The molecule has 0 amide bonds. The van der Waals surface area contributed by atoms with Gasteiger partial charge in [-0.05, 0) is 17.7 Å². The molecule has 0 N–H and O–H groups in total. The third kappa shape index (κ3) is 3.92. The van der Waals surface area contributed by atoms with Crippen molar-refractivity contribution in [2.45, 2.75) is 6.54 Å². The zero-order chi connectivity index (χ0) is 15.1. The van der Waals surface area contributed by atoms with Crippen LogP contribution in [0.2, 0.25) is 0 Å². The molecule has 0 atom stereocenters. The molecule has 0 aromatic heterocycles. The van der Waals surface area contributed by atoms with Crippen molar-refractivity contribution in [3.8, 4) is 5.75 Å². The molecular weight excluding hydrogens is 266 g/mol. The van der Waals surface area contributed by atoms with Gasteiger partial charge in [-0.3, -0.25) is 4.99 Å². The molecule has 0 aliphatic rings. The van der Waals surface area contributed by atoms with Crippen molar-refractivity contribution in [1.29, 1.82) is 0 Å². The molecule has 2 aromatic carbocycles. The second kappa shape index (κ2) is 7.24. The van der Waals surface area contributed by atoms with Crippen LogP contribution in [-0.4, -0.2) is 25.9 Å². The van der Waals surface area contributed by atoms with Crippen LogP contribution in [0.3, 0.4) is 0 Å². The van der Waals surface area contributed by atoms with Gasteiger partial charge in [0.15, 0.2) is 5.71 Å². The molecule has 2 rings (SSSR count). The Morgan fingerprint density at radius 3 is 2.24 bits per heavy atom. The molecule has 0 aliphatic carbocycles. The first-order valence-electron chi connectivity index (χ1n) is 6.55. The number of methoxy groups -OCH3 is 2. The first-order chi connectivity index (χ1) is 10.2. The predicted octanol–water partition coefficient (Wildman–Crippen LogP) is 2.86. The number of carbonyl (C=O) groups excluding carboxylic acids is 1. The van der Waals surface area contributed by atoms with Gasteiger partial charge in [-0.2, -0.15) is 0 Å². The topological polar surface area (TPSA) is 47.9 Å². The highest BCUT2D eigenvalue weighted by molar-refractivity contribution is 6.43. The molecule has 4 nitrogen and oxygen atoms in total. The van der Waals surface area contributed by atoms with E-state index < -0.39 is 5.97 Å². The Balaban J connectivity index is 2.22. The molecule has 0 unspecified atom stereocenters. The van der Waals surface area contributed by atoms with Crippen molar-refractivity contribution in [2.24, 2.45) is 4.99 Å². The minimum Gasteiger partial charge on any atom is -0.497 e. The molecule has 0 saturated heterocycles. The van der Waals surface area contributed by atoms with Gasteiger partial charge < -0.3 is 9.47 Å². The van der Waals surface area contributed by atoms with Crippen LogP contribution in [0, 0.1) is 0 Å². The number of hydrogen-bond acceptors (Lipinski definition) is 4. The number of ether oxygens (including phenoxy) is 2. The Labute approximate surface area is 124 Å². The van der Waals surface area contributed by atoms with Crippen LogP contribution in [0.15, 0.2) is 59.6 Å². The Kier molecular flexibility index (Phi) is 5.10. The summed E-state index contributed by atoms with van der Waals surface area (Å²) in [5.41, 5.74) is 2.07. The van der Waals surface area contributed by atoms with Crippen LogP contribution in [0.25, 0.3) is 0 Å². The molecule has 0 saturated carbocycles. The van der Waals surface area contributed by atoms with Crippen LogP contribution < -0.4 is 4.74 Å². The number of aliphatic imine (C=N–C) groups is 1. The van der Waals surface area contributed by atoms with Gasteiger partial charge in [0.05, 0.1) is 20.8 Å². The largest absolute Gasteiger partial charge is 0.497 e. The Hall–Kier alpha value is -2.62. The fourth-order valence-corrected chi connectivity index (χ4v) is 1.87. The summed E-state index contributed by atoms with van der Waals surface area (Å²) in [5.74, 6) is 0.355. The van der Waals surface area contributed by atoms with Gasteiger partial charge in [0.2, 0.25) is 0 Å². The summed E-state index contributed by atoms with van der Waals surface area (Å²) in [7, 11) is 2.98. The highest BCUT2D eigenvalue weighted by Gasteiger charge is 2.13. The molecule has 4 heteroatoms. The molecule has 0 radical (unpaired) electrons. The van der Waals surface area contributed by atoms with Gasteiger partial charge in [-0.1, -0.05) is 42.5 Å². The molecule has 0 aliphatic heterocycles. The van der Waals surface area contributed by atoms with Crippen LogP contribution in [0.5, 0.6) is 5.75 Å². The van der Waals surface area contributed by atoms with Crippen molar-refractivity contribution >= 4 is 11.7 Å². The predicted molar refractivity (Wildman–Crippen MR) is 81.7 cm³/mol. The number of benzene rings is 2. The van der Waals surface area contributed by atoms with E-state index in [0.29, 0.717) is 12.3 Å². The maximum absolute atomic E-state index is 11.9. The van der Waals surface area contributed by atoms with E-state index in [-0.39, 0.29) is 0 Å². The normalized spacial score (nSPS) is 11.0. The number of nitrogens with zero attached hydrogens (tertiary/aromatic N) is 1. The highest BCUT2D eigenvalue weighted by Crippen LogP contribution is 2.13.